The summed E-state index contributed by atoms with van der Waals surface area (Å²) in [6, 6.07) is 12.9. The third-order valence-corrected chi connectivity index (χ3v) is 5.54. The molecule has 1 heterocycles. The molecule has 0 radical (unpaired) electrons. The summed E-state index contributed by atoms with van der Waals surface area (Å²) in [6.45, 7) is 10.6. The van der Waals surface area contributed by atoms with Crippen molar-refractivity contribution in [3.05, 3.63) is 53.6 Å². The fraction of sp³-hybridized carbons (Fsp3) is 0.444. The number of anilines is 2. The normalized spacial score (nSPS) is 15.4. The van der Waals surface area contributed by atoms with Gasteiger partial charge >= 0.3 is 12.2 Å². The highest BCUT2D eigenvalue weighted by atomic mass is 16.6. The third kappa shape index (κ3) is 7.13. The summed E-state index contributed by atoms with van der Waals surface area (Å²) in [6.07, 6.45) is -1.48. The molecule has 3 rings (SSSR count). The number of hydrogen-bond donors (Lipinski definition) is 3. The molecule has 9 nitrogen and oxygen atoms in total. The molecule has 0 aromatic heterocycles. The minimum atomic E-state index is -1.13. The standard InChI is InChI=1S/C27H35N3O6/c1-17(31)29-27(5,6)15-19-16-30(25(33)34)23-20(14-18-10-8-7-9-11-18)21(12-13-22(23)35-19)28-24(32)36-26(2,3)4/h7-13,19H,14-16H2,1-6H3,(H,28,32)(H,29,31)(H,33,34). The van der Waals surface area contributed by atoms with E-state index in [1.165, 1.54) is 11.8 Å². The number of carbonyl (C=O) groups is 3. The van der Waals surface area contributed by atoms with Crippen LogP contribution in [0.15, 0.2) is 42.5 Å². The molecule has 1 aliphatic rings. The van der Waals surface area contributed by atoms with E-state index >= 15 is 0 Å². The van der Waals surface area contributed by atoms with E-state index in [4.69, 9.17) is 9.47 Å². The lowest BCUT2D eigenvalue weighted by Gasteiger charge is -2.38. The van der Waals surface area contributed by atoms with Gasteiger partial charge in [-0.1, -0.05) is 30.3 Å². The van der Waals surface area contributed by atoms with Crippen molar-refractivity contribution >= 4 is 29.5 Å². The van der Waals surface area contributed by atoms with E-state index in [0.717, 1.165) is 5.56 Å². The second-order valence-electron chi connectivity index (χ2n) is 10.6. The van der Waals surface area contributed by atoms with Gasteiger partial charge < -0.3 is 19.9 Å². The number of carbonyl (C=O) groups excluding carboxylic acids is 2. The number of hydrogen-bond acceptors (Lipinski definition) is 5. The zero-order valence-corrected chi connectivity index (χ0v) is 21.7. The van der Waals surface area contributed by atoms with Crippen molar-refractivity contribution in [1.29, 1.82) is 0 Å². The van der Waals surface area contributed by atoms with Crippen LogP contribution >= 0.6 is 0 Å². The zero-order valence-electron chi connectivity index (χ0n) is 21.7. The van der Waals surface area contributed by atoms with Crippen molar-refractivity contribution in [2.24, 2.45) is 0 Å². The highest BCUT2D eigenvalue weighted by Crippen LogP contribution is 2.42. The van der Waals surface area contributed by atoms with E-state index in [2.05, 4.69) is 10.6 Å². The fourth-order valence-electron chi connectivity index (χ4n) is 4.40. The van der Waals surface area contributed by atoms with Gasteiger partial charge in [0, 0.05) is 36.6 Å². The topological polar surface area (TPSA) is 117 Å². The quantitative estimate of drug-likeness (QED) is 0.507. The summed E-state index contributed by atoms with van der Waals surface area (Å²) in [5.41, 5.74) is 1.09. The molecule has 0 aliphatic carbocycles. The van der Waals surface area contributed by atoms with Crippen LogP contribution in [0.2, 0.25) is 0 Å². The molecule has 1 atom stereocenters. The Balaban J connectivity index is 2.03. The van der Waals surface area contributed by atoms with Crippen molar-refractivity contribution in [3.63, 3.8) is 0 Å². The van der Waals surface area contributed by atoms with Gasteiger partial charge in [-0.2, -0.15) is 0 Å². The van der Waals surface area contributed by atoms with Crippen LogP contribution in [0.4, 0.5) is 21.0 Å². The predicted octanol–water partition coefficient (Wildman–Crippen LogP) is 5.17. The number of carboxylic acid groups (broad SMARTS) is 1. The van der Waals surface area contributed by atoms with Crippen molar-refractivity contribution in [2.45, 2.75) is 71.6 Å². The van der Waals surface area contributed by atoms with E-state index < -0.39 is 29.4 Å². The van der Waals surface area contributed by atoms with Gasteiger partial charge in [-0.3, -0.25) is 15.0 Å². The van der Waals surface area contributed by atoms with Crippen molar-refractivity contribution in [2.75, 3.05) is 16.8 Å². The Bertz CT molecular complexity index is 1120. The van der Waals surface area contributed by atoms with E-state index in [9.17, 15) is 19.5 Å². The minimum absolute atomic E-state index is 0.0724. The Labute approximate surface area is 211 Å². The van der Waals surface area contributed by atoms with E-state index in [-0.39, 0.29) is 12.5 Å². The van der Waals surface area contributed by atoms with Gasteiger partial charge in [0.25, 0.3) is 0 Å². The smallest absolute Gasteiger partial charge is 0.412 e. The first-order valence-corrected chi connectivity index (χ1v) is 11.9. The largest absolute Gasteiger partial charge is 0.486 e. The Morgan fingerprint density at radius 1 is 1.08 bits per heavy atom. The fourth-order valence-corrected chi connectivity index (χ4v) is 4.40. The molecule has 0 saturated heterocycles. The molecule has 1 aliphatic heterocycles. The number of nitrogens with one attached hydrogen (secondary N) is 2. The molecule has 2 aromatic carbocycles. The monoisotopic (exact) mass is 497 g/mol. The Morgan fingerprint density at radius 3 is 2.33 bits per heavy atom. The Hall–Kier alpha value is -3.75. The maximum atomic E-state index is 12.6. The maximum Gasteiger partial charge on any atom is 0.412 e. The summed E-state index contributed by atoms with van der Waals surface area (Å²) >= 11 is 0. The highest BCUT2D eigenvalue weighted by Gasteiger charge is 2.36. The second kappa shape index (κ2) is 10.5. The molecule has 3 N–H and O–H groups in total. The summed E-state index contributed by atoms with van der Waals surface area (Å²) in [7, 11) is 0. The van der Waals surface area contributed by atoms with Gasteiger partial charge in [-0.25, -0.2) is 9.59 Å². The van der Waals surface area contributed by atoms with Gasteiger partial charge in [-0.15, -0.1) is 0 Å². The molecule has 3 amide bonds. The van der Waals surface area contributed by atoms with Gasteiger partial charge in [0.1, 0.15) is 17.5 Å². The van der Waals surface area contributed by atoms with Crippen LogP contribution in [0.5, 0.6) is 5.75 Å². The summed E-state index contributed by atoms with van der Waals surface area (Å²) in [5.74, 6) is 0.224. The van der Waals surface area contributed by atoms with E-state index in [1.54, 1.807) is 32.9 Å². The van der Waals surface area contributed by atoms with Gasteiger partial charge in [0.2, 0.25) is 5.91 Å². The number of ether oxygens (including phenoxy) is 2. The predicted molar refractivity (Wildman–Crippen MR) is 138 cm³/mol. The lowest BCUT2D eigenvalue weighted by molar-refractivity contribution is -0.120. The molecule has 0 bridgehead atoms. The number of fused-ring (bicyclic) bond motifs is 1. The second-order valence-corrected chi connectivity index (χ2v) is 10.6. The summed E-state index contributed by atoms with van der Waals surface area (Å²) < 4.78 is 11.7. The molecule has 1 unspecified atom stereocenters. The molecule has 194 valence electrons. The van der Waals surface area contributed by atoms with Crippen LogP contribution in [0.3, 0.4) is 0 Å². The molecule has 0 fully saturated rings. The van der Waals surface area contributed by atoms with Gasteiger partial charge in [0.15, 0.2) is 0 Å². The van der Waals surface area contributed by atoms with Crippen molar-refractivity contribution in [1.82, 2.24) is 5.32 Å². The average molecular weight is 498 g/mol. The van der Waals surface area contributed by atoms with Gasteiger partial charge in [0.05, 0.1) is 12.2 Å². The van der Waals surface area contributed by atoms with Crippen LogP contribution < -0.4 is 20.3 Å². The van der Waals surface area contributed by atoms with Crippen LogP contribution in [-0.2, 0) is 16.0 Å². The average Bonchev–Trinajstić information content (AvgIpc) is 2.72. The number of amides is 3. The Morgan fingerprint density at radius 2 is 1.75 bits per heavy atom. The minimum Gasteiger partial charge on any atom is -0.486 e. The molecular formula is C27H35N3O6. The number of benzene rings is 2. The lowest BCUT2D eigenvalue weighted by atomic mass is 9.94. The van der Waals surface area contributed by atoms with E-state index in [1.807, 2.05) is 44.2 Å². The van der Waals surface area contributed by atoms with Crippen LogP contribution in [0.1, 0.15) is 59.1 Å². The van der Waals surface area contributed by atoms with Crippen molar-refractivity contribution < 1.29 is 29.0 Å². The molecule has 2 aromatic rings. The molecule has 36 heavy (non-hydrogen) atoms. The van der Waals surface area contributed by atoms with E-state index in [0.29, 0.717) is 35.5 Å². The number of rotatable bonds is 6. The molecular weight excluding hydrogens is 462 g/mol. The van der Waals surface area contributed by atoms with Gasteiger partial charge in [-0.05, 0) is 52.3 Å². The van der Waals surface area contributed by atoms with Crippen molar-refractivity contribution in [3.8, 4) is 5.75 Å². The lowest BCUT2D eigenvalue weighted by Crippen LogP contribution is -2.50. The first kappa shape index (κ1) is 26.8. The zero-order chi connectivity index (χ0) is 26.7. The maximum absolute atomic E-state index is 12.6. The van der Waals surface area contributed by atoms with Crippen LogP contribution in [-0.4, -0.2) is 47.0 Å². The molecule has 0 saturated carbocycles. The highest BCUT2D eigenvalue weighted by molar-refractivity contribution is 5.95. The Kier molecular flexibility index (Phi) is 7.81. The third-order valence-electron chi connectivity index (χ3n) is 5.54. The first-order valence-electron chi connectivity index (χ1n) is 11.9. The molecule has 0 spiro atoms. The summed E-state index contributed by atoms with van der Waals surface area (Å²) in [4.78, 5) is 37.9. The summed E-state index contributed by atoms with van der Waals surface area (Å²) in [5, 5.41) is 15.8. The molecule has 9 heteroatoms. The van der Waals surface area contributed by atoms with Crippen LogP contribution in [0, 0.1) is 0 Å². The SMILES string of the molecule is CC(=O)NC(C)(C)CC1CN(C(=O)O)c2c(ccc(NC(=O)OC(C)(C)C)c2Cc2ccccc2)O1. The van der Waals surface area contributed by atoms with Crippen LogP contribution in [0.25, 0.3) is 0 Å². The first-order chi connectivity index (χ1) is 16.7. The number of nitrogens with zero attached hydrogens (tertiary/aromatic N) is 1.